The molecule has 4 heteroatoms. The van der Waals surface area contributed by atoms with Gasteiger partial charge in [-0.2, -0.15) is 0 Å². The maximum atomic E-state index is 5.90. The summed E-state index contributed by atoms with van der Waals surface area (Å²) in [6.07, 6.45) is 2.06. The van der Waals surface area contributed by atoms with Crippen molar-refractivity contribution in [2.75, 3.05) is 13.2 Å². The van der Waals surface area contributed by atoms with Crippen LogP contribution in [-0.4, -0.2) is 24.3 Å². The van der Waals surface area contributed by atoms with Gasteiger partial charge in [-0.15, -0.1) is 0 Å². The zero-order chi connectivity index (χ0) is 11.4. The molecule has 2 rings (SSSR count). The molecule has 0 spiro atoms. The van der Waals surface area contributed by atoms with Gasteiger partial charge in [-0.3, -0.25) is 0 Å². The van der Waals surface area contributed by atoms with Crippen LogP contribution in [0.1, 0.15) is 18.4 Å². The lowest BCUT2D eigenvalue weighted by Crippen LogP contribution is -2.26. The van der Waals surface area contributed by atoms with Gasteiger partial charge in [0, 0.05) is 12.8 Å². The lowest BCUT2D eigenvalue weighted by molar-refractivity contribution is 0.0255. The molecule has 1 aliphatic heterocycles. The molecule has 3 nitrogen and oxygen atoms in total. The Labute approximate surface area is 101 Å². The van der Waals surface area contributed by atoms with E-state index >= 15 is 0 Å². The van der Waals surface area contributed by atoms with E-state index in [2.05, 4.69) is 0 Å². The van der Waals surface area contributed by atoms with E-state index in [0.717, 1.165) is 37.4 Å². The number of nitrogens with two attached hydrogens (primary N) is 1. The molecule has 1 aromatic carbocycles. The summed E-state index contributed by atoms with van der Waals surface area (Å²) in [6, 6.07) is 7.63. The predicted molar refractivity (Wildman–Crippen MR) is 66.8 cm³/mol. The minimum absolute atomic E-state index is 0.212. The summed E-state index contributed by atoms with van der Waals surface area (Å²) in [4.78, 5) is 0.377. The third-order valence-corrected chi connectivity index (χ3v) is 2.83. The van der Waals surface area contributed by atoms with Gasteiger partial charge in [0.25, 0.3) is 0 Å². The topological polar surface area (TPSA) is 44.5 Å². The van der Waals surface area contributed by atoms with Crippen LogP contribution in [0.25, 0.3) is 0 Å². The highest BCUT2D eigenvalue weighted by Gasteiger charge is 2.17. The number of benzene rings is 1. The van der Waals surface area contributed by atoms with Gasteiger partial charge in [0.05, 0.1) is 18.8 Å². The first kappa shape index (κ1) is 11.4. The van der Waals surface area contributed by atoms with E-state index in [1.165, 1.54) is 0 Å². The molecular formula is C12H15NO2S. The van der Waals surface area contributed by atoms with E-state index in [1.54, 1.807) is 0 Å². The maximum Gasteiger partial charge on any atom is 0.129 e. The number of hydrogen-bond acceptors (Lipinski definition) is 3. The Balaban J connectivity index is 2.10. The Hall–Kier alpha value is -1.13. The molecule has 1 aliphatic rings. The van der Waals surface area contributed by atoms with Gasteiger partial charge in [0.2, 0.25) is 0 Å². The van der Waals surface area contributed by atoms with Gasteiger partial charge in [-0.25, -0.2) is 0 Å². The molecule has 0 aromatic heterocycles. The summed E-state index contributed by atoms with van der Waals surface area (Å²) in [5.41, 5.74) is 6.46. The Morgan fingerprint density at radius 1 is 1.31 bits per heavy atom. The monoisotopic (exact) mass is 237 g/mol. The quantitative estimate of drug-likeness (QED) is 0.815. The van der Waals surface area contributed by atoms with Crippen LogP contribution in [0.15, 0.2) is 24.3 Å². The number of para-hydroxylation sites is 1. The Morgan fingerprint density at radius 3 is 2.69 bits per heavy atom. The van der Waals surface area contributed by atoms with E-state index in [4.69, 9.17) is 27.4 Å². The van der Waals surface area contributed by atoms with Gasteiger partial charge in [-0.05, 0) is 12.1 Å². The lowest BCUT2D eigenvalue weighted by Gasteiger charge is -2.24. The van der Waals surface area contributed by atoms with Crippen LogP contribution in [0.4, 0.5) is 0 Å². The molecule has 0 amide bonds. The van der Waals surface area contributed by atoms with Gasteiger partial charge < -0.3 is 15.2 Å². The highest BCUT2D eigenvalue weighted by Crippen LogP contribution is 2.22. The van der Waals surface area contributed by atoms with E-state index in [-0.39, 0.29) is 6.10 Å². The summed E-state index contributed by atoms with van der Waals surface area (Å²) in [5, 5.41) is 0. The van der Waals surface area contributed by atoms with E-state index in [0.29, 0.717) is 4.99 Å². The third kappa shape index (κ3) is 2.71. The van der Waals surface area contributed by atoms with Crippen molar-refractivity contribution < 1.29 is 9.47 Å². The normalized spacial score (nSPS) is 17.0. The Kier molecular flexibility index (Phi) is 3.74. The van der Waals surface area contributed by atoms with Crippen molar-refractivity contribution in [2.24, 2.45) is 5.73 Å². The average molecular weight is 237 g/mol. The fourth-order valence-corrected chi connectivity index (χ4v) is 1.91. The second-order valence-electron chi connectivity index (χ2n) is 3.79. The number of ether oxygens (including phenoxy) is 2. The van der Waals surface area contributed by atoms with Crippen LogP contribution in [-0.2, 0) is 4.74 Å². The fraction of sp³-hybridized carbons (Fsp3) is 0.417. The van der Waals surface area contributed by atoms with Gasteiger partial charge in [-0.1, -0.05) is 24.4 Å². The smallest absolute Gasteiger partial charge is 0.129 e. The highest BCUT2D eigenvalue weighted by molar-refractivity contribution is 7.80. The van der Waals surface area contributed by atoms with E-state index in [1.807, 2.05) is 24.3 Å². The first-order valence-electron chi connectivity index (χ1n) is 5.40. The average Bonchev–Trinajstić information content (AvgIpc) is 2.31. The first-order chi connectivity index (χ1) is 7.77. The van der Waals surface area contributed by atoms with Gasteiger partial charge in [0.1, 0.15) is 16.8 Å². The molecule has 0 bridgehead atoms. The molecule has 0 saturated carbocycles. The van der Waals surface area contributed by atoms with Crippen molar-refractivity contribution in [2.45, 2.75) is 18.9 Å². The van der Waals surface area contributed by atoms with Crippen LogP contribution < -0.4 is 10.5 Å². The number of hydrogen-bond donors (Lipinski definition) is 1. The van der Waals surface area contributed by atoms with Crippen molar-refractivity contribution in [3.63, 3.8) is 0 Å². The van der Waals surface area contributed by atoms with Crippen LogP contribution >= 0.6 is 12.2 Å². The minimum Gasteiger partial charge on any atom is -0.490 e. The Morgan fingerprint density at radius 2 is 2.00 bits per heavy atom. The zero-order valence-electron chi connectivity index (χ0n) is 9.02. The van der Waals surface area contributed by atoms with Crippen molar-refractivity contribution in [1.82, 2.24) is 0 Å². The summed E-state index contributed by atoms with van der Waals surface area (Å²) in [5.74, 6) is 0.780. The summed E-state index contributed by atoms with van der Waals surface area (Å²) in [6.45, 7) is 1.53. The molecule has 1 fully saturated rings. The van der Waals surface area contributed by atoms with Crippen molar-refractivity contribution in [3.8, 4) is 5.75 Å². The molecule has 0 unspecified atom stereocenters. The molecule has 2 N–H and O–H groups in total. The second-order valence-corrected chi connectivity index (χ2v) is 4.23. The third-order valence-electron chi connectivity index (χ3n) is 2.61. The number of rotatable bonds is 3. The van der Waals surface area contributed by atoms with Crippen LogP contribution in [0, 0.1) is 0 Å². The summed E-state index contributed by atoms with van der Waals surface area (Å²) < 4.78 is 11.2. The van der Waals surface area contributed by atoms with E-state index in [9.17, 15) is 0 Å². The highest BCUT2D eigenvalue weighted by atomic mass is 32.1. The van der Waals surface area contributed by atoms with Gasteiger partial charge >= 0.3 is 0 Å². The van der Waals surface area contributed by atoms with E-state index < -0.39 is 0 Å². The van der Waals surface area contributed by atoms with Crippen LogP contribution in [0.2, 0.25) is 0 Å². The molecule has 0 atom stereocenters. The van der Waals surface area contributed by atoms with Gasteiger partial charge in [0.15, 0.2) is 0 Å². The molecule has 1 saturated heterocycles. The Bertz CT molecular complexity index is 375. The molecule has 86 valence electrons. The second kappa shape index (κ2) is 5.27. The molecular weight excluding hydrogens is 222 g/mol. The fourth-order valence-electron chi connectivity index (χ4n) is 1.75. The number of thiocarbonyl (C=S) groups is 1. The minimum atomic E-state index is 0.212. The molecule has 1 aromatic rings. The molecule has 0 aliphatic carbocycles. The maximum absolute atomic E-state index is 5.90. The SMILES string of the molecule is NC(=S)c1ccccc1OC1CCOCC1. The predicted octanol–water partition coefficient (Wildman–Crippen LogP) is 1.88. The van der Waals surface area contributed by atoms with Crippen molar-refractivity contribution in [3.05, 3.63) is 29.8 Å². The largest absolute Gasteiger partial charge is 0.490 e. The lowest BCUT2D eigenvalue weighted by atomic mass is 10.1. The first-order valence-corrected chi connectivity index (χ1v) is 5.81. The molecule has 16 heavy (non-hydrogen) atoms. The van der Waals surface area contributed by atoms with Crippen molar-refractivity contribution >= 4 is 17.2 Å². The molecule has 0 radical (unpaired) electrons. The standard InChI is InChI=1S/C12H15NO2S/c13-12(16)10-3-1-2-4-11(10)15-9-5-7-14-8-6-9/h1-4,9H,5-8H2,(H2,13,16). The molecule has 1 heterocycles. The van der Waals surface area contributed by atoms with Crippen molar-refractivity contribution in [1.29, 1.82) is 0 Å². The summed E-state index contributed by atoms with van der Waals surface area (Å²) >= 11 is 4.99. The zero-order valence-corrected chi connectivity index (χ0v) is 9.83. The van der Waals surface area contributed by atoms with Crippen LogP contribution in [0.5, 0.6) is 5.75 Å². The van der Waals surface area contributed by atoms with Crippen LogP contribution in [0.3, 0.4) is 0 Å². The summed E-state index contributed by atoms with van der Waals surface area (Å²) in [7, 11) is 0.